The van der Waals surface area contributed by atoms with E-state index in [0.29, 0.717) is 5.57 Å². The Labute approximate surface area is 108 Å². The molecule has 96 valence electrons. The average Bonchev–Trinajstić information content (AvgIpc) is 2.34. The molecule has 0 heterocycles. The van der Waals surface area contributed by atoms with Crippen molar-refractivity contribution in [2.45, 2.75) is 20.8 Å². The molecule has 0 aromatic rings. The predicted octanol–water partition coefficient (Wildman–Crippen LogP) is 4.36. The molecule has 0 bridgehead atoms. The summed E-state index contributed by atoms with van der Waals surface area (Å²) in [5, 5.41) is 11.0. The van der Waals surface area contributed by atoms with Crippen molar-refractivity contribution in [3.05, 3.63) is 82.1 Å². The largest absolute Gasteiger partial charge is 0.276 e. The van der Waals surface area contributed by atoms with Crippen LogP contribution in [-0.2, 0) is 0 Å². The summed E-state index contributed by atoms with van der Waals surface area (Å²) in [6.07, 6.45) is 14.0. The molecule has 0 amide bonds. The molecule has 3 heteroatoms. The van der Waals surface area contributed by atoms with Gasteiger partial charge in [-0.25, -0.2) is 0 Å². The van der Waals surface area contributed by atoms with E-state index in [4.69, 9.17) is 0 Å². The van der Waals surface area contributed by atoms with E-state index in [9.17, 15) is 10.1 Å². The molecule has 0 aliphatic rings. The fourth-order valence-electron chi connectivity index (χ4n) is 1.39. The quantitative estimate of drug-likeness (QED) is 0.396. The van der Waals surface area contributed by atoms with Gasteiger partial charge in [0, 0.05) is 6.08 Å². The third-order valence-electron chi connectivity index (χ3n) is 2.12. The van der Waals surface area contributed by atoms with E-state index in [1.165, 1.54) is 6.08 Å². The van der Waals surface area contributed by atoms with Gasteiger partial charge in [-0.2, -0.15) is 0 Å². The van der Waals surface area contributed by atoms with Gasteiger partial charge in [-0.1, -0.05) is 49.1 Å². The first-order valence-electron chi connectivity index (χ1n) is 5.72. The van der Waals surface area contributed by atoms with Crippen LogP contribution in [0.3, 0.4) is 0 Å². The Bertz CT molecular complexity index is 449. The van der Waals surface area contributed by atoms with Gasteiger partial charge >= 0.3 is 0 Å². The topological polar surface area (TPSA) is 43.1 Å². The molecule has 0 aliphatic carbocycles. The van der Waals surface area contributed by atoms with Crippen LogP contribution in [0.2, 0.25) is 0 Å². The summed E-state index contributed by atoms with van der Waals surface area (Å²) < 4.78 is 0. The third kappa shape index (κ3) is 4.78. The van der Waals surface area contributed by atoms with Gasteiger partial charge in [0.05, 0.1) is 10.5 Å². The van der Waals surface area contributed by atoms with Crippen LogP contribution in [0.25, 0.3) is 0 Å². The number of allylic oxidation sites excluding steroid dienone is 10. The van der Waals surface area contributed by atoms with Crippen LogP contribution in [0.5, 0.6) is 0 Å². The average molecular weight is 245 g/mol. The molecular formula is C15H19NO2. The number of nitro groups is 1. The predicted molar refractivity (Wildman–Crippen MR) is 76.7 cm³/mol. The zero-order chi connectivity index (χ0) is 14.0. The highest BCUT2D eigenvalue weighted by Crippen LogP contribution is 2.20. The van der Waals surface area contributed by atoms with Crippen LogP contribution in [0.15, 0.2) is 72.0 Å². The number of rotatable bonds is 6. The van der Waals surface area contributed by atoms with Gasteiger partial charge in [0.25, 0.3) is 5.70 Å². The smallest absolute Gasteiger partial charge is 0.258 e. The molecule has 0 rings (SSSR count). The highest BCUT2D eigenvalue weighted by Gasteiger charge is 2.14. The van der Waals surface area contributed by atoms with Crippen LogP contribution in [0.4, 0.5) is 0 Å². The standard InChI is InChI=1S/C15H19NO2/c1-5-9-12-13(10-6-2)14(11-7-3)15(8-4)16(17)18/h5-12H,4H2,1-3H3/b9-5-,10-6-,11-7-,13-12+,15-14-. The van der Waals surface area contributed by atoms with Crippen LogP contribution >= 0.6 is 0 Å². The van der Waals surface area contributed by atoms with E-state index in [1.807, 2.05) is 51.2 Å². The Kier molecular flexibility index (Phi) is 7.86. The maximum atomic E-state index is 11.0. The highest BCUT2D eigenvalue weighted by atomic mass is 16.6. The molecule has 0 aromatic carbocycles. The lowest BCUT2D eigenvalue weighted by Gasteiger charge is -2.03. The molecule has 0 unspecified atom stereocenters. The monoisotopic (exact) mass is 245 g/mol. The lowest BCUT2D eigenvalue weighted by atomic mass is 10.0. The summed E-state index contributed by atoms with van der Waals surface area (Å²) in [5.74, 6) is 0. The van der Waals surface area contributed by atoms with Crippen molar-refractivity contribution in [1.82, 2.24) is 0 Å². The summed E-state index contributed by atoms with van der Waals surface area (Å²) in [4.78, 5) is 10.6. The van der Waals surface area contributed by atoms with E-state index in [1.54, 1.807) is 12.2 Å². The fraction of sp³-hybridized carbons (Fsp3) is 0.200. The molecule has 0 spiro atoms. The second-order valence-corrected chi connectivity index (χ2v) is 3.41. The highest BCUT2D eigenvalue weighted by molar-refractivity contribution is 5.51. The minimum Gasteiger partial charge on any atom is -0.258 e. The summed E-state index contributed by atoms with van der Waals surface area (Å²) in [7, 11) is 0. The molecule has 0 radical (unpaired) electrons. The third-order valence-corrected chi connectivity index (χ3v) is 2.12. The molecule has 3 nitrogen and oxygen atoms in total. The number of hydrogen-bond acceptors (Lipinski definition) is 2. The summed E-state index contributed by atoms with van der Waals surface area (Å²) in [6.45, 7) is 9.09. The molecule has 0 N–H and O–H groups in total. The van der Waals surface area contributed by atoms with Gasteiger partial charge in [0.15, 0.2) is 0 Å². The first kappa shape index (κ1) is 15.8. The fourth-order valence-corrected chi connectivity index (χ4v) is 1.39. The van der Waals surface area contributed by atoms with Crippen molar-refractivity contribution in [3.63, 3.8) is 0 Å². The minimum absolute atomic E-state index is 0.00181. The Morgan fingerprint density at radius 1 is 1.11 bits per heavy atom. The Hall–Kier alpha value is -2.16. The van der Waals surface area contributed by atoms with Crippen molar-refractivity contribution in [1.29, 1.82) is 0 Å². The number of hydrogen-bond donors (Lipinski definition) is 0. The molecule has 0 saturated carbocycles. The van der Waals surface area contributed by atoms with E-state index in [0.717, 1.165) is 5.57 Å². The van der Waals surface area contributed by atoms with Crippen molar-refractivity contribution in [2.24, 2.45) is 0 Å². The number of nitrogens with zero attached hydrogens (tertiary/aromatic N) is 1. The Morgan fingerprint density at radius 2 is 1.72 bits per heavy atom. The lowest BCUT2D eigenvalue weighted by Crippen LogP contribution is -2.01. The molecule has 0 aromatic heterocycles. The maximum absolute atomic E-state index is 11.0. The van der Waals surface area contributed by atoms with Crippen molar-refractivity contribution >= 4 is 0 Å². The second-order valence-electron chi connectivity index (χ2n) is 3.41. The summed E-state index contributed by atoms with van der Waals surface area (Å²) in [5.41, 5.74) is 1.33. The van der Waals surface area contributed by atoms with Crippen molar-refractivity contribution in [2.75, 3.05) is 0 Å². The zero-order valence-corrected chi connectivity index (χ0v) is 11.1. The Balaban J connectivity index is 5.98. The van der Waals surface area contributed by atoms with Gasteiger partial charge in [-0.15, -0.1) is 0 Å². The molecule has 0 atom stereocenters. The SMILES string of the molecule is C=C/C(=C(\C=C/C)C(/C=C\C)=C/C=C\C)[N+](=O)[O-]. The van der Waals surface area contributed by atoms with Gasteiger partial charge in [0.2, 0.25) is 0 Å². The molecular weight excluding hydrogens is 226 g/mol. The zero-order valence-electron chi connectivity index (χ0n) is 11.1. The van der Waals surface area contributed by atoms with Gasteiger partial charge in [0.1, 0.15) is 0 Å². The normalized spacial score (nSPS) is 14.5. The van der Waals surface area contributed by atoms with E-state index >= 15 is 0 Å². The van der Waals surface area contributed by atoms with Crippen LogP contribution < -0.4 is 0 Å². The van der Waals surface area contributed by atoms with Crippen LogP contribution in [0.1, 0.15) is 20.8 Å². The molecule has 18 heavy (non-hydrogen) atoms. The van der Waals surface area contributed by atoms with E-state index in [-0.39, 0.29) is 5.70 Å². The Morgan fingerprint density at radius 3 is 2.11 bits per heavy atom. The first-order valence-corrected chi connectivity index (χ1v) is 5.72. The lowest BCUT2D eigenvalue weighted by molar-refractivity contribution is -0.419. The molecule has 0 saturated heterocycles. The van der Waals surface area contributed by atoms with Crippen molar-refractivity contribution in [3.8, 4) is 0 Å². The second kappa shape index (κ2) is 8.93. The van der Waals surface area contributed by atoms with Gasteiger partial charge < -0.3 is 0 Å². The van der Waals surface area contributed by atoms with Gasteiger partial charge in [-0.05, 0) is 26.3 Å². The minimum atomic E-state index is -0.421. The molecule has 0 aliphatic heterocycles. The van der Waals surface area contributed by atoms with E-state index < -0.39 is 4.92 Å². The van der Waals surface area contributed by atoms with Crippen molar-refractivity contribution < 1.29 is 4.92 Å². The summed E-state index contributed by atoms with van der Waals surface area (Å²) >= 11 is 0. The van der Waals surface area contributed by atoms with Gasteiger partial charge in [-0.3, -0.25) is 10.1 Å². The van der Waals surface area contributed by atoms with Crippen LogP contribution in [0, 0.1) is 10.1 Å². The maximum Gasteiger partial charge on any atom is 0.276 e. The molecule has 0 fully saturated rings. The van der Waals surface area contributed by atoms with Crippen LogP contribution in [-0.4, -0.2) is 4.92 Å². The first-order chi connectivity index (χ1) is 8.62. The summed E-state index contributed by atoms with van der Waals surface area (Å²) in [6, 6.07) is 0. The van der Waals surface area contributed by atoms with E-state index in [2.05, 4.69) is 6.58 Å².